The number of rotatable bonds is 6. The monoisotopic (exact) mass is 734 g/mol. The summed E-state index contributed by atoms with van der Waals surface area (Å²) in [6, 6.07) is 4.16. The molecule has 0 saturated heterocycles. The number of alkyl halides is 1. The number of benzene rings is 1. The maximum atomic E-state index is 16.6. The van der Waals surface area contributed by atoms with Crippen molar-refractivity contribution in [1.29, 1.82) is 0 Å². The average molecular weight is 735 g/mol. The van der Waals surface area contributed by atoms with Crippen molar-refractivity contribution in [3.05, 3.63) is 24.4 Å². The van der Waals surface area contributed by atoms with E-state index in [2.05, 4.69) is 75.4 Å². The summed E-state index contributed by atoms with van der Waals surface area (Å²) in [4.78, 5) is 6.22. The summed E-state index contributed by atoms with van der Waals surface area (Å²) in [5.41, 5.74) is 0.268. The minimum atomic E-state index is -1.25. The van der Waals surface area contributed by atoms with Crippen molar-refractivity contribution < 1.29 is 9.50 Å². The van der Waals surface area contributed by atoms with Crippen molar-refractivity contribution in [3.63, 3.8) is 0 Å². The Morgan fingerprint density at radius 2 is 1.70 bits per heavy atom. The van der Waals surface area contributed by atoms with Gasteiger partial charge in [0.15, 0.2) is 11.6 Å². The van der Waals surface area contributed by atoms with Gasteiger partial charge in [-0.3, -0.25) is 0 Å². The quantitative estimate of drug-likeness (QED) is 0.121. The molecule has 1 aromatic carbocycles. The van der Waals surface area contributed by atoms with E-state index in [0.29, 0.717) is 23.4 Å². The van der Waals surface area contributed by atoms with Gasteiger partial charge in [0.25, 0.3) is 0 Å². The number of halogens is 1. The van der Waals surface area contributed by atoms with E-state index in [1.807, 2.05) is 6.92 Å². The SMILES string of the molecule is C[C@]12CCC[C@](C)(C1)[C@H](F)[C@H](N(c1cnc(-c3ccc(-c4nnn(C(S)(S)S)n4)cc3O)nn1)C1(S)C(S)(S)C1(S)S)C2. The van der Waals surface area contributed by atoms with Gasteiger partial charge < -0.3 is 10.0 Å². The number of phenolic OH excluding ortho intramolecular Hbond substituents is 1. The van der Waals surface area contributed by atoms with Crippen LogP contribution in [-0.4, -0.2) is 65.7 Å². The van der Waals surface area contributed by atoms with E-state index in [1.54, 1.807) is 17.0 Å². The van der Waals surface area contributed by atoms with Crippen molar-refractivity contribution in [2.45, 2.75) is 74.7 Å². The molecule has 232 valence electrons. The van der Waals surface area contributed by atoms with Gasteiger partial charge in [-0.05, 0) is 48.4 Å². The number of aromatic hydroxyl groups is 1. The van der Waals surface area contributed by atoms with E-state index in [1.165, 1.54) is 12.3 Å². The minimum Gasteiger partial charge on any atom is -0.507 e. The Bertz CT molecular complexity index is 1560. The number of tetrazole rings is 1. The molecule has 0 amide bonds. The van der Waals surface area contributed by atoms with E-state index >= 15 is 4.39 Å². The highest BCUT2D eigenvalue weighted by Crippen LogP contribution is 2.76. The zero-order valence-corrected chi connectivity index (χ0v) is 30.1. The molecule has 18 heteroatoms. The van der Waals surface area contributed by atoms with E-state index in [-0.39, 0.29) is 22.8 Å². The van der Waals surface area contributed by atoms with Crippen molar-refractivity contribution in [2.75, 3.05) is 4.90 Å². The zero-order chi connectivity index (χ0) is 31.4. The molecule has 2 aromatic heterocycles. The molecule has 9 nitrogen and oxygen atoms in total. The van der Waals surface area contributed by atoms with Gasteiger partial charge in [0, 0.05) is 11.0 Å². The molecular formula is C25H31FN8OS8. The summed E-state index contributed by atoms with van der Waals surface area (Å²) in [6.45, 7) is 4.26. The summed E-state index contributed by atoms with van der Waals surface area (Å²) in [5, 5.41) is 31.7. The second-order valence-corrected chi connectivity index (χ2v) is 19.5. The fourth-order valence-electron chi connectivity index (χ4n) is 6.97. The molecule has 3 saturated carbocycles. The number of fused-ring (bicyclic) bond motifs is 2. The molecule has 3 aliphatic rings. The fraction of sp³-hybridized carbons (Fsp3) is 0.600. The highest BCUT2D eigenvalue weighted by molar-refractivity contribution is 8.15. The zero-order valence-electron chi connectivity index (χ0n) is 23.0. The third-order valence-electron chi connectivity index (χ3n) is 9.12. The second kappa shape index (κ2) is 10.6. The Balaban J connectivity index is 1.35. The van der Waals surface area contributed by atoms with E-state index in [9.17, 15) is 5.11 Å². The van der Waals surface area contributed by atoms with Crippen LogP contribution in [0, 0.1) is 10.8 Å². The average Bonchev–Trinajstić information content (AvgIpc) is 3.29. The summed E-state index contributed by atoms with van der Waals surface area (Å²) < 4.78 is 13.1. The van der Waals surface area contributed by atoms with Crippen LogP contribution in [0.5, 0.6) is 5.75 Å². The summed E-state index contributed by atoms with van der Waals surface area (Å²) >= 11 is 36.6. The minimum absolute atomic E-state index is 0.0497. The second-order valence-electron chi connectivity index (χ2n) is 12.4. The molecule has 0 aliphatic heterocycles. The molecule has 3 fully saturated rings. The first kappa shape index (κ1) is 32.6. The summed E-state index contributed by atoms with van der Waals surface area (Å²) in [7, 11) is 0. The number of thiol groups is 8. The van der Waals surface area contributed by atoms with Gasteiger partial charge in [-0.25, -0.2) is 9.37 Å². The van der Waals surface area contributed by atoms with Crippen LogP contribution in [0.15, 0.2) is 24.4 Å². The van der Waals surface area contributed by atoms with Crippen molar-refractivity contribution in [3.8, 4) is 28.5 Å². The predicted octanol–water partition coefficient (Wildman–Crippen LogP) is 5.51. The van der Waals surface area contributed by atoms with Crippen molar-refractivity contribution >= 4 is 107 Å². The number of phenols is 1. The molecule has 3 aliphatic carbocycles. The summed E-state index contributed by atoms with van der Waals surface area (Å²) in [6.07, 6.45) is 4.53. The molecule has 0 radical (unpaired) electrons. The number of nitrogens with zero attached hydrogens (tertiary/aromatic N) is 8. The third kappa shape index (κ3) is 5.06. The van der Waals surface area contributed by atoms with Gasteiger partial charge in [0.1, 0.15) is 25.0 Å². The summed E-state index contributed by atoms with van der Waals surface area (Å²) in [5.74, 6) is 0.569. The standard InChI is InChI=1S/C25H31FN8OS8/c1-20-6-3-7-21(2,11-20)17(26)14(9-20)33(22(36)23(37,38)24(22,39)40)16-10-27-19(29-28-16)13-5-4-12(8-15(13)35)18-30-32-34(31-18)25(41,42)43/h4-5,8,10,14,17,35-43H,3,6-7,9,11H2,1-2H3/t14-,17-,20-,21-/m1/s1. The lowest BCUT2D eigenvalue weighted by Gasteiger charge is -2.57. The maximum Gasteiger partial charge on any atom is 0.213 e. The van der Waals surface area contributed by atoms with Crippen LogP contribution in [0.3, 0.4) is 0 Å². The molecule has 1 N–H and O–H groups in total. The molecule has 3 aromatic rings. The topological polar surface area (TPSA) is 106 Å². The molecule has 6 rings (SSSR count). The number of hydrogen-bond acceptors (Lipinski definition) is 16. The van der Waals surface area contributed by atoms with Crippen molar-refractivity contribution in [1.82, 2.24) is 35.4 Å². The van der Waals surface area contributed by atoms with Gasteiger partial charge in [-0.15, -0.1) is 75.7 Å². The smallest absolute Gasteiger partial charge is 0.213 e. The Hall–Kier alpha value is -0.370. The number of aromatic nitrogens is 7. The Labute approximate surface area is 293 Å². The van der Waals surface area contributed by atoms with Crippen molar-refractivity contribution in [2.24, 2.45) is 10.8 Å². The lowest BCUT2D eigenvalue weighted by Crippen LogP contribution is -2.61. The Morgan fingerprint density at radius 1 is 1.00 bits per heavy atom. The third-order valence-corrected chi connectivity index (χ3v) is 14.6. The van der Waals surface area contributed by atoms with Gasteiger partial charge in [-0.1, -0.05) is 26.3 Å². The number of anilines is 1. The predicted molar refractivity (Wildman–Crippen MR) is 192 cm³/mol. The van der Waals surface area contributed by atoms with Crippen LogP contribution in [0.4, 0.5) is 10.2 Å². The first-order chi connectivity index (χ1) is 19.8. The lowest BCUT2D eigenvalue weighted by molar-refractivity contribution is -0.0558. The first-order valence-electron chi connectivity index (χ1n) is 13.4. The van der Waals surface area contributed by atoms with Gasteiger partial charge >= 0.3 is 0 Å². The highest BCUT2D eigenvalue weighted by atomic mass is 32.2. The van der Waals surface area contributed by atoms with E-state index < -0.39 is 34.2 Å². The maximum absolute atomic E-state index is 16.6. The van der Waals surface area contributed by atoms with Crippen LogP contribution in [0.25, 0.3) is 22.8 Å². The van der Waals surface area contributed by atoms with Crippen LogP contribution in [0.1, 0.15) is 46.0 Å². The van der Waals surface area contributed by atoms with Gasteiger partial charge in [-0.2, -0.15) is 50.5 Å². The first-order valence-corrected chi connectivity index (χ1v) is 17.0. The highest BCUT2D eigenvalue weighted by Gasteiger charge is 2.85. The molecule has 0 spiro atoms. The molecule has 0 unspecified atom stereocenters. The molecular weight excluding hydrogens is 704 g/mol. The van der Waals surface area contributed by atoms with Gasteiger partial charge in [0.2, 0.25) is 9.36 Å². The van der Waals surface area contributed by atoms with Crippen LogP contribution in [-0.2, 0) is 3.54 Å². The lowest BCUT2D eigenvalue weighted by atomic mass is 9.54. The molecule has 2 bridgehead atoms. The van der Waals surface area contributed by atoms with Crippen LogP contribution >= 0.6 is 101 Å². The van der Waals surface area contributed by atoms with Gasteiger partial charge in [0.05, 0.1) is 17.8 Å². The normalized spacial score (nSPS) is 30.6. The molecule has 43 heavy (non-hydrogen) atoms. The Morgan fingerprint density at radius 3 is 2.26 bits per heavy atom. The Kier molecular flexibility index (Phi) is 8.01. The molecule has 2 heterocycles. The van der Waals surface area contributed by atoms with E-state index in [0.717, 1.165) is 30.5 Å². The fourth-order valence-corrected chi connectivity index (χ4v) is 9.99. The van der Waals surface area contributed by atoms with Crippen LogP contribution < -0.4 is 4.90 Å². The van der Waals surface area contributed by atoms with Crippen LogP contribution in [0.2, 0.25) is 0 Å². The molecule has 4 atom stereocenters. The number of hydrogen-bond donors (Lipinski definition) is 9. The largest absolute Gasteiger partial charge is 0.507 e. The van der Waals surface area contributed by atoms with E-state index in [4.69, 9.17) is 63.1 Å².